The van der Waals surface area contributed by atoms with Crippen molar-refractivity contribution >= 4 is 22.4 Å². The lowest BCUT2D eigenvalue weighted by molar-refractivity contribution is -0.117. The third-order valence-corrected chi connectivity index (χ3v) is 6.73. The van der Waals surface area contributed by atoms with Crippen molar-refractivity contribution < 1.29 is 13.9 Å². The molecule has 3 aromatic rings. The molecule has 0 bridgehead atoms. The number of ether oxygens (including phenoxy) is 1. The quantitative estimate of drug-likeness (QED) is 0.406. The van der Waals surface area contributed by atoms with Crippen molar-refractivity contribution in [2.24, 2.45) is 0 Å². The molecule has 0 spiro atoms. The molecule has 174 valence electrons. The first-order valence-corrected chi connectivity index (χ1v) is 12.1. The van der Waals surface area contributed by atoms with Crippen LogP contribution in [0.2, 0.25) is 0 Å². The number of furan rings is 1. The fourth-order valence-electron chi connectivity index (χ4n) is 5.03. The molecular weight excluding hydrogens is 410 g/mol. The maximum absolute atomic E-state index is 12.8. The normalized spacial score (nSPS) is 15.1. The first-order chi connectivity index (χ1) is 15.9. The predicted octanol–water partition coefficient (Wildman–Crippen LogP) is 7.28. The molecule has 0 saturated heterocycles. The number of nitrogens with one attached hydrogen (secondary N) is 1. The van der Waals surface area contributed by atoms with Gasteiger partial charge < -0.3 is 14.5 Å². The topological polar surface area (TPSA) is 51.5 Å². The van der Waals surface area contributed by atoms with Crippen LogP contribution in [0.15, 0.2) is 41.0 Å². The standard InChI is InChI=1S/C29H35NO3/c1-6-32-28-21(5)29-25(26(17-33-29)23-13-12-18(2)14-19(23)3)16-24(28)20(4)15-27(31)30-22-10-8-7-9-11-22/h12-17,22H,6-11H2,1-5H3,(H,30,31)/b20-15+. The maximum atomic E-state index is 12.8. The van der Waals surface area contributed by atoms with E-state index in [1.807, 2.05) is 27.0 Å². The van der Waals surface area contributed by atoms with Crippen LogP contribution < -0.4 is 10.1 Å². The Kier molecular flexibility index (Phi) is 6.92. The Labute approximate surface area is 197 Å². The van der Waals surface area contributed by atoms with Gasteiger partial charge in [-0.3, -0.25) is 4.79 Å². The van der Waals surface area contributed by atoms with E-state index in [0.717, 1.165) is 57.4 Å². The molecule has 4 rings (SSSR count). The lowest BCUT2D eigenvalue weighted by Gasteiger charge is -2.22. The summed E-state index contributed by atoms with van der Waals surface area (Å²) in [4.78, 5) is 12.8. The van der Waals surface area contributed by atoms with Gasteiger partial charge in [-0.15, -0.1) is 0 Å². The minimum atomic E-state index is -0.0265. The Balaban J connectivity index is 1.77. The van der Waals surface area contributed by atoms with Gasteiger partial charge in [0.05, 0.1) is 12.9 Å². The largest absolute Gasteiger partial charge is 0.493 e. The summed E-state index contributed by atoms with van der Waals surface area (Å²) in [5, 5.41) is 4.23. The highest BCUT2D eigenvalue weighted by Gasteiger charge is 2.20. The molecule has 2 aromatic carbocycles. The molecule has 1 amide bonds. The van der Waals surface area contributed by atoms with Crippen molar-refractivity contribution in [3.63, 3.8) is 0 Å². The van der Waals surface area contributed by atoms with Crippen LogP contribution in [-0.4, -0.2) is 18.6 Å². The van der Waals surface area contributed by atoms with Crippen LogP contribution in [0.3, 0.4) is 0 Å². The fraction of sp³-hybridized carbons (Fsp3) is 0.414. The van der Waals surface area contributed by atoms with Gasteiger partial charge in [0.1, 0.15) is 11.3 Å². The fourth-order valence-corrected chi connectivity index (χ4v) is 5.03. The summed E-state index contributed by atoms with van der Waals surface area (Å²) in [6, 6.07) is 8.88. The number of aryl methyl sites for hydroxylation is 3. The number of fused-ring (bicyclic) bond motifs is 1. The molecule has 1 saturated carbocycles. The molecule has 1 aliphatic carbocycles. The zero-order valence-corrected chi connectivity index (χ0v) is 20.5. The van der Waals surface area contributed by atoms with Crippen LogP contribution in [-0.2, 0) is 4.79 Å². The van der Waals surface area contributed by atoms with Crippen LogP contribution in [0.5, 0.6) is 5.75 Å². The maximum Gasteiger partial charge on any atom is 0.244 e. The van der Waals surface area contributed by atoms with Crippen molar-refractivity contribution in [3.05, 3.63) is 58.9 Å². The molecule has 4 nitrogen and oxygen atoms in total. The van der Waals surface area contributed by atoms with Crippen LogP contribution in [0.4, 0.5) is 0 Å². The Bertz CT molecular complexity index is 1200. The second kappa shape index (κ2) is 9.86. The number of allylic oxidation sites excluding steroid dienone is 1. The van der Waals surface area contributed by atoms with E-state index in [4.69, 9.17) is 9.15 Å². The molecular formula is C29H35NO3. The van der Waals surface area contributed by atoms with Crippen molar-refractivity contribution in [3.8, 4) is 16.9 Å². The van der Waals surface area contributed by atoms with E-state index in [1.165, 1.54) is 30.4 Å². The molecule has 1 aromatic heterocycles. The lowest BCUT2D eigenvalue weighted by atomic mass is 9.94. The number of hydrogen-bond acceptors (Lipinski definition) is 3. The van der Waals surface area contributed by atoms with Gasteiger partial charge in [-0.25, -0.2) is 0 Å². The summed E-state index contributed by atoms with van der Waals surface area (Å²) in [6.07, 6.45) is 9.35. The number of carbonyl (C=O) groups excluding carboxylic acids is 1. The summed E-state index contributed by atoms with van der Waals surface area (Å²) in [5.41, 5.74) is 8.29. The minimum absolute atomic E-state index is 0.0265. The monoisotopic (exact) mass is 445 g/mol. The second-order valence-corrected chi connectivity index (χ2v) is 9.33. The van der Waals surface area contributed by atoms with E-state index in [9.17, 15) is 4.79 Å². The van der Waals surface area contributed by atoms with E-state index in [2.05, 4.69) is 43.4 Å². The lowest BCUT2D eigenvalue weighted by Crippen LogP contribution is -2.35. The zero-order valence-electron chi connectivity index (χ0n) is 20.5. The Hall–Kier alpha value is -3.01. The molecule has 1 fully saturated rings. The van der Waals surface area contributed by atoms with E-state index in [0.29, 0.717) is 6.61 Å². The summed E-state index contributed by atoms with van der Waals surface area (Å²) < 4.78 is 12.1. The van der Waals surface area contributed by atoms with Gasteiger partial charge in [0.2, 0.25) is 5.91 Å². The molecule has 0 unspecified atom stereocenters. The molecule has 33 heavy (non-hydrogen) atoms. The van der Waals surface area contributed by atoms with E-state index >= 15 is 0 Å². The molecule has 1 heterocycles. The van der Waals surface area contributed by atoms with E-state index < -0.39 is 0 Å². The molecule has 1 N–H and O–H groups in total. The van der Waals surface area contributed by atoms with Crippen molar-refractivity contribution in [1.29, 1.82) is 0 Å². The highest BCUT2D eigenvalue weighted by Crippen LogP contribution is 2.41. The Morgan fingerprint density at radius 3 is 2.58 bits per heavy atom. The van der Waals surface area contributed by atoms with Gasteiger partial charge in [-0.1, -0.05) is 43.0 Å². The first kappa shape index (κ1) is 23.2. The van der Waals surface area contributed by atoms with Crippen LogP contribution in [0.25, 0.3) is 27.7 Å². The summed E-state index contributed by atoms with van der Waals surface area (Å²) in [6.45, 7) is 10.8. The summed E-state index contributed by atoms with van der Waals surface area (Å²) in [5.74, 6) is 0.757. The van der Waals surface area contributed by atoms with Gasteiger partial charge in [0.15, 0.2) is 0 Å². The molecule has 0 atom stereocenters. The minimum Gasteiger partial charge on any atom is -0.493 e. The number of rotatable bonds is 6. The third kappa shape index (κ3) is 4.85. The Morgan fingerprint density at radius 2 is 1.88 bits per heavy atom. The van der Waals surface area contributed by atoms with Crippen molar-refractivity contribution in [2.45, 2.75) is 72.8 Å². The number of benzene rings is 2. The van der Waals surface area contributed by atoms with Crippen LogP contribution in [0.1, 0.15) is 68.2 Å². The Morgan fingerprint density at radius 1 is 1.12 bits per heavy atom. The molecule has 4 heteroatoms. The van der Waals surface area contributed by atoms with Crippen LogP contribution in [0, 0.1) is 20.8 Å². The smallest absolute Gasteiger partial charge is 0.244 e. The molecule has 0 aliphatic heterocycles. The van der Waals surface area contributed by atoms with Gasteiger partial charge in [0.25, 0.3) is 0 Å². The first-order valence-electron chi connectivity index (χ1n) is 12.1. The summed E-state index contributed by atoms with van der Waals surface area (Å²) >= 11 is 0. The van der Waals surface area contributed by atoms with Gasteiger partial charge >= 0.3 is 0 Å². The van der Waals surface area contributed by atoms with Crippen molar-refractivity contribution in [1.82, 2.24) is 5.32 Å². The zero-order chi connectivity index (χ0) is 23.5. The predicted molar refractivity (Wildman–Crippen MR) is 136 cm³/mol. The third-order valence-electron chi connectivity index (χ3n) is 6.73. The van der Waals surface area contributed by atoms with Gasteiger partial charge in [-0.05, 0) is 70.2 Å². The SMILES string of the molecule is CCOc1c(/C(C)=C/C(=O)NC2CCCCC2)cc2c(-c3ccc(C)cc3C)coc2c1C. The van der Waals surface area contributed by atoms with E-state index in [-0.39, 0.29) is 11.9 Å². The summed E-state index contributed by atoms with van der Waals surface area (Å²) in [7, 11) is 0. The van der Waals surface area contributed by atoms with Gasteiger partial charge in [0, 0.05) is 34.2 Å². The second-order valence-electron chi connectivity index (χ2n) is 9.33. The number of amides is 1. The van der Waals surface area contributed by atoms with Crippen molar-refractivity contribution in [2.75, 3.05) is 6.61 Å². The number of hydrogen-bond donors (Lipinski definition) is 1. The molecule has 0 radical (unpaired) electrons. The highest BCUT2D eigenvalue weighted by molar-refractivity contribution is 6.02. The van der Waals surface area contributed by atoms with Crippen LogP contribution >= 0.6 is 0 Å². The number of carbonyl (C=O) groups is 1. The average Bonchev–Trinajstić information content (AvgIpc) is 3.20. The molecule has 1 aliphatic rings. The van der Waals surface area contributed by atoms with E-state index in [1.54, 1.807) is 6.08 Å². The average molecular weight is 446 g/mol. The van der Waals surface area contributed by atoms with Gasteiger partial charge in [-0.2, -0.15) is 0 Å². The highest BCUT2D eigenvalue weighted by atomic mass is 16.5.